The van der Waals surface area contributed by atoms with E-state index in [-0.39, 0.29) is 4.90 Å². The van der Waals surface area contributed by atoms with Gasteiger partial charge < -0.3 is 5.11 Å². The Kier molecular flexibility index (Phi) is 3.64. The van der Waals surface area contributed by atoms with Crippen molar-refractivity contribution in [1.82, 2.24) is 0 Å². The van der Waals surface area contributed by atoms with Crippen molar-refractivity contribution in [3.8, 4) is 5.75 Å². The number of phenols is 1. The molecule has 0 unspecified atom stereocenters. The first kappa shape index (κ1) is 13.4. The number of rotatable bonds is 3. The smallest absolute Gasteiger partial charge is 0.394 e. The minimum Gasteiger partial charge on any atom is -0.507 e. The summed E-state index contributed by atoms with van der Waals surface area (Å²) in [7, 11) is 0. The molecule has 0 amide bonds. The molecule has 0 aromatic heterocycles. The second kappa shape index (κ2) is 4.33. The number of phenolic OH excluding ortho intramolecular Hbond substituents is 1. The first-order chi connectivity index (χ1) is 7.13. The van der Waals surface area contributed by atoms with E-state index in [2.05, 4.69) is 11.6 Å². The van der Waals surface area contributed by atoms with Crippen LogP contribution in [0.15, 0.2) is 23.1 Å². The van der Waals surface area contributed by atoms with Crippen molar-refractivity contribution in [2.24, 2.45) is 0 Å². The molecule has 0 spiro atoms. The van der Waals surface area contributed by atoms with Gasteiger partial charge in [0.1, 0.15) is 5.75 Å². The van der Waals surface area contributed by atoms with Crippen LogP contribution >= 0.6 is 23.4 Å². The highest BCUT2D eigenvalue weighted by Gasteiger charge is 2.56. The third kappa shape index (κ3) is 2.95. The van der Waals surface area contributed by atoms with Crippen LogP contribution in [0.3, 0.4) is 0 Å². The van der Waals surface area contributed by atoms with E-state index in [9.17, 15) is 22.7 Å². The Balaban J connectivity index is 3.01. The third-order valence-corrected chi connectivity index (χ3v) is 3.09. The van der Waals surface area contributed by atoms with Crippen LogP contribution in [0, 0.1) is 6.92 Å². The molecular weight excluding hydrogens is 268 g/mol. The number of aryl methyl sites for hydroxylation is 1. The Hall–Kier alpha value is -0.620. The summed E-state index contributed by atoms with van der Waals surface area (Å²) < 4.78 is 50.5. The number of alkyl halides is 5. The minimum atomic E-state index is -4.67. The number of thioether (sulfide) groups is 1. The van der Waals surface area contributed by atoms with Gasteiger partial charge in [0.05, 0.1) is 4.90 Å². The first-order valence-corrected chi connectivity index (χ1v) is 5.26. The molecule has 0 saturated heterocycles. The van der Waals surface area contributed by atoms with Gasteiger partial charge in [0.25, 0.3) is 0 Å². The normalized spacial score (nSPS) is 12.9. The molecule has 1 aromatic rings. The molecule has 1 nitrogen and oxygen atoms in total. The molecule has 0 radical (unpaired) electrons. The Labute approximate surface area is 98.4 Å². The van der Waals surface area contributed by atoms with Gasteiger partial charge >= 0.3 is 10.6 Å². The number of aromatic hydroxyl groups is 1. The van der Waals surface area contributed by atoms with Crippen molar-refractivity contribution in [2.45, 2.75) is 22.5 Å². The lowest BCUT2D eigenvalue weighted by Gasteiger charge is -2.20. The first-order valence-electron chi connectivity index (χ1n) is 4.06. The molecule has 1 rings (SSSR count). The molecule has 0 saturated carbocycles. The topological polar surface area (TPSA) is 20.2 Å². The summed E-state index contributed by atoms with van der Waals surface area (Å²) in [6.07, 6.45) is 0. The zero-order valence-electron chi connectivity index (χ0n) is 7.98. The molecule has 0 aliphatic heterocycles. The molecule has 16 heavy (non-hydrogen) atoms. The fourth-order valence-corrected chi connectivity index (χ4v) is 1.82. The fraction of sp³-hybridized carbons (Fsp3) is 0.333. The Morgan fingerprint density at radius 3 is 2.31 bits per heavy atom. The van der Waals surface area contributed by atoms with Crippen LogP contribution in [0.4, 0.5) is 17.6 Å². The van der Waals surface area contributed by atoms with Crippen molar-refractivity contribution >= 4 is 23.4 Å². The summed E-state index contributed by atoms with van der Waals surface area (Å²) in [6, 6.07) is 3.80. The number of hydrogen-bond acceptors (Lipinski definition) is 2. The van der Waals surface area contributed by atoms with E-state index in [0.717, 1.165) is 6.07 Å². The summed E-state index contributed by atoms with van der Waals surface area (Å²) in [5.74, 6) is -0.490. The van der Waals surface area contributed by atoms with E-state index in [1.54, 1.807) is 6.92 Å². The molecule has 7 heteroatoms. The number of benzene rings is 1. The van der Waals surface area contributed by atoms with Gasteiger partial charge in [-0.05, 0) is 48.0 Å². The lowest BCUT2D eigenvalue weighted by molar-refractivity contribution is -0.0898. The lowest BCUT2D eigenvalue weighted by atomic mass is 10.2. The van der Waals surface area contributed by atoms with Crippen LogP contribution < -0.4 is 0 Å². The van der Waals surface area contributed by atoms with E-state index < -0.39 is 28.1 Å². The largest absolute Gasteiger partial charge is 0.507 e. The van der Waals surface area contributed by atoms with Crippen molar-refractivity contribution in [3.05, 3.63) is 23.8 Å². The van der Waals surface area contributed by atoms with Gasteiger partial charge in [0.15, 0.2) is 0 Å². The fourth-order valence-electron chi connectivity index (χ4n) is 0.899. The summed E-state index contributed by atoms with van der Waals surface area (Å²) in [5, 5.41) is 0.0628. The van der Waals surface area contributed by atoms with Crippen LogP contribution in [0.5, 0.6) is 5.75 Å². The highest BCUT2D eigenvalue weighted by atomic mass is 35.5. The molecule has 0 bridgehead atoms. The van der Waals surface area contributed by atoms with Crippen molar-refractivity contribution in [2.75, 3.05) is 0 Å². The molecule has 0 aliphatic carbocycles. The molecule has 0 atom stereocenters. The van der Waals surface area contributed by atoms with Crippen LogP contribution in [-0.4, -0.2) is 15.7 Å². The Morgan fingerprint density at radius 1 is 1.25 bits per heavy atom. The molecule has 1 aromatic carbocycles. The minimum absolute atomic E-state index is 0.342. The monoisotopic (exact) mass is 274 g/mol. The van der Waals surface area contributed by atoms with E-state index >= 15 is 0 Å². The zero-order valence-corrected chi connectivity index (χ0v) is 9.55. The maximum absolute atomic E-state index is 12.9. The molecule has 0 fully saturated rings. The van der Waals surface area contributed by atoms with E-state index in [4.69, 9.17) is 0 Å². The summed E-state index contributed by atoms with van der Waals surface area (Å²) >= 11 is 3.81. The van der Waals surface area contributed by atoms with Crippen LogP contribution in [0.2, 0.25) is 0 Å². The van der Waals surface area contributed by atoms with Crippen LogP contribution in [0.25, 0.3) is 0 Å². The van der Waals surface area contributed by atoms with Crippen LogP contribution in [0.1, 0.15) is 5.56 Å². The zero-order chi connectivity index (χ0) is 12.6. The van der Waals surface area contributed by atoms with Gasteiger partial charge in [0, 0.05) is 0 Å². The second-order valence-corrected chi connectivity index (χ2v) is 4.72. The van der Waals surface area contributed by atoms with Crippen molar-refractivity contribution in [3.63, 3.8) is 0 Å². The second-order valence-electron chi connectivity index (χ2n) is 3.09. The predicted molar refractivity (Wildman–Crippen MR) is 54.4 cm³/mol. The van der Waals surface area contributed by atoms with E-state index in [1.165, 1.54) is 12.1 Å². The van der Waals surface area contributed by atoms with Gasteiger partial charge in [0.2, 0.25) is 0 Å². The summed E-state index contributed by atoms with van der Waals surface area (Å²) in [4.78, 5) is -0.342. The quantitative estimate of drug-likeness (QED) is 0.506. The Bertz CT molecular complexity index is 392. The standard InChI is InChI=1S/C9H7ClF4OS/c1-5-2-3-6(15)7(4-5)16-9(13,14)8(10,11)12/h2-4,15H,1H3. The molecule has 0 aliphatic rings. The van der Waals surface area contributed by atoms with Gasteiger partial charge in [-0.25, -0.2) is 0 Å². The molecule has 90 valence electrons. The number of hydrogen-bond donors (Lipinski definition) is 1. The summed E-state index contributed by atoms with van der Waals surface area (Å²) in [6.45, 7) is 1.58. The average molecular weight is 275 g/mol. The lowest BCUT2D eigenvalue weighted by Crippen LogP contribution is -2.31. The molecule has 1 N–H and O–H groups in total. The van der Waals surface area contributed by atoms with Gasteiger partial charge in [-0.15, -0.1) is 0 Å². The van der Waals surface area contributed by atoms with Crippen molar-refractivity contribution < 1.29 is 22.7 Å². The predicted octanol–water partition coefficient (Wildman–Crippen LogP) is 4.22. The third-order valence-electron chi connectivity index (χ3n) is 1.68. The SMILES string of the molecule is Cc1ccc(O)c(SC(F)(F)C(F)(F)Cl)c1. The van der Waals surface area contributed by atoms with Gasteiger partial charge in [-0.3, -0.25) is 0 Å². The number of halogens is 5. The summed E-state index contributed by atoms with van der Waals surface area (Å²) in [5.41, 5.74) is 0.564. The van der Waals surface area contributed by atoms with Gasteiger partial charge in [-0.2, -0.15) is 17.6 Å². The van der Waals surface area contributed by atoms with Crippen LogP contribution in [-0.2, 0) is 0 Å². The van der Waals surface area contributed by atoms with Gasteiger partial charge in [-0.1, -0.05) is 6.07 Å². The molecule has 0 heterocycles. The Morgan fingerprint density at radius 2 is 1.81 bits per heavy atom. The highest BCUT2D eigenvalue weighted by molar-refractivity contribution is 8.00. The maximum Gasteiger partial charge on any atom is 0.394 e. The maximum atomic E-state index is 12.9. The van der Waals surface area contributed by atoms with Crippen molar-refractivity contribution in [1.29, 1.82) is 0 Å². The van der Waals surface area contributed by atoms with E-state index in [1.807, 2.05) is 0 Å². The molecular formula is C9H7ClF4OS. The van der Waals surface area contributed by atoms with E-state index in [0.29, 0.717) is 5.56 Å². The average Bonchev–Trinajstić information content (AvgIpc) is 2.09. The highest BCUT2D eigenvalue weighted by Crippen LogP contribution is 2.50.